The number of fused-ring (bicyclic) bond motifs is 2. The highest BCUT2D eigenvalue weighted by atomic mass is 31.2. The summed E-state index contributed by atoms with van der Waals surface area (Å²) in [4.78, 5) is 22.6. The summed E-state index contributed by atoms with van der Waals surface area (Å²) in [6.07, 6.45) is -1.21. The van der Waals surface area contributed by atoms with Crippen LogP contribution in [-0.2, 0) is 46.6 Å². The van der Waals surface area contributed by atoms with Gasteiger partial charge >= 0.3 is 0 Å². The van der Waals surface area contributed by atoms with Crippen LogP contribution in [0.3, 0.4) is 0 Å². The van der Waals surface area contributed by atoms with E-state index in [4.69, 9.17) is 37.5 Å². The van der Waals surface area contributed by atoms with Crippen LogP contribution < -0.4 is 9.79 Å². The second-order valence-electron chi connectivity index (χ2n) is 9.54. The summed E-state index contributed by atoms with van der Waals surface area (Å²) in [7, 11) is -4.57. The molecule has 4 heterocycles. The molecule has 33 heavy (non-hydrogen) atoms. The van der Waals surface area contributed by atoms with Gasteiger partial charge in [-0.25, -0.2) is 0 Å². The maximum absolute atomic E-state index is 11.4. The molecule has 5 aliphatic rings. The molecular weight excluding hydrogens is 482 g/mol. The SMILES string of the molecule is COCC1(OP(C)(=O)[O-])C2[C@H]3OC[C@]21O[C@H]3C.COC[C@@]12COC([C@H](C)O1)[C@H]2OP(C)(=O)[O-]. The van der Waals surface area contributed by atoms with E-state index in [1.54, 1.807) is 0 Å². The fourth-order valence-electron chi connectivity index (χ4n) is 5.92. The fourth-order valence-corrected chi connectivity index (χ4v) is 7.56. The highest BCUT2D eigenvalue weighted by Crippen LogP contribution is 2.73. The molecule has 0 radical (unpaired) electrons. The standard InChI is InChI=1S/C10H17O6P.C9H17O6P/c1-6-7-8-9(15-6,5-14-7)10(8,4-13-2)16-17(3,11)12;1-6-7-8(15-16(3,10)11)9(14-6,4-12-2)5-13-7/h6-8H,4-5H2,1-3H3,(H,11,12);6-8H,4-5H2,1-3H3,(H,10,11)/p-2/t6-,7-,8?,9-,10?;6-,7?,8+,9-/m00/s1. The molecule has 0 N–H and O–H groups in total. The Morgan fingerprint density at radius 3 is 1.97 bits per heavy atom. The highest BCUT2D eigenvalue weighted by Gasteiger charge is 2.90. The summed E-state index contributed by atoms with van der Waals surface area (Å²) < 4.78 is 65.8. The molecular formula is C19H32O12P2-2. The maximum atomic E-state index is 11.4. The van der Waals surface area contributed by atoms with Crippen molar-refractivity contribution in [3.63, 3.8) is 0 Å². The molecule has 5 rings (SSSR count). The van der Waals surface area contributed by atoms with Gasteiger partial charge in [0.15, 0.2) is 0 Å². The Kier molecular flexibility index (Phi) is 6.79. The number of hydrogen-bond acceptors (Lipinski definition) is 12. The molecule has 5 unspecified atom stereocenters. The van der Waals surface area contributed by atoms with Crippen molar-refractivity contribution in [2.24, 2.45) is 5.92 Å². The average Bonchev–Trinajstić information content (AvgIpc) is 3.12. The van der Waals surface area contributed by atoms with Crippen molar-refractivity contribution in [1.82, 2.24) is 0 Å². The Hall–Kier alpha value is 0.0600. The summed E-state index contributed by atoms with van der Waals surface area (Å²) in [5, 5.41) is 0. The largest absolute Gasteiger partial charge is 0.779 e. The first kappa shape index (κ1) is 26.1. The normalized spacial score (nSPS) is 50.3. The molecule has 1 saturated carbocycles. The van der Waals surface area contributed by atoms with Gasteiger partial charge < -0.3 is 56.4 Å². The van der Waals surface area contributed by atoms with Crippen LogP contribution >= 0.6 is 15.2 Å². The van der Waals surface area contributed by atoms with Crippen LogP contribution in [0, 0.1) is 5.92 Å². The van der Waals surface area contributed by atoms with Gasteiger partial charge in [-0.15, -0.1) is 0 Å². The Morgan fingerprint density at radius 2 is 1.52 bits per heavy atom. The van der Waals surface area contributed by atoms with Gasteiger partial charge in [-0.2, -0.15) is 0 Å². The Bertz CT molecular complexity index is 845. The molecule has 0 amide bonds. The minimum absolute atomic E-state index is 0.00905. The van der Waals surface area contributed by atoms with Crippen molar-refractivity contribution in [3.05, 3.63) is 0 Å². The second-order valence-corrected chi connectivity index (χ2v) is 13.0. The zero-order valence-electron chi connectivity index (χ0n) is 19.6. The van der Waals surface area contributed by atoms with Crippen LogP contribution in [0.5, 0.6) is 0 Å². The summed E-state index contributed by atoms with van der Waals surface area (Å²) in [5.74, 6) is -0.0350. The monoisotopic (exact) mass is 514 g/mol. The topological polar surface area (TPSA) is 154 Å². The van der Waals surface area contributed by atoms with Crippen LogP contribution in [0.25, 0.3) is 0 Å². The van der Waals surface area contributed by atoms with Crippen molar-refractivity contribution >= 4 is 15.2 Å². The van der Waals surface area contributed by atoms with E-state index in [0.29, 0.717) is 13.2 Å². The van der Waals surface area contributed by atoms with Crippen LogP contribution in [0.15, 0.2) is 0 Å². The van der Waals surface area contributed by atoms with E-state index in [9.17, 15) is 18.9 Å². The maximum Gasteiger partial charge on any atom is 0.144 e. The summed E-state index contributed by atoms with van der Waals surface area (Å²) in [6, 6.07) is 0. The third-order valence-electron chi connectivity index (χ3n) is 6.92. The van der Waals surface area contributed by atoms with E-state index >= 15 is 0 Å². The van der Waals surface area contributed by atoms with Crippen molar-refractivity contribution in [2.45, 2.75) is 61.2 Å². The molecule has 4 saturated heterocycles. The summed E-state index contributed by atoms with van der Waals surface area (Å²) in [5.41, 5.74) is -2.28. The first-order valence-electron chi connectivity index (χ1n) is 10.8. The molecule has 12 nitrogen and oxygen atoms in total. The number of ether oxygens (including phenoxy) is 6. The summed E-state index contributed by atoms with van der Waals surface area (Å²) >= 11 is 0. The van der Waals surface area contributed by atoms with Gasteiger partial charge in [-0.3, -0.25) is 0 Å². The average molecular weight is 514 g/mol. The van der Waals surface area contributed by atoms with Crippen LogP contribution in [-0.4, -0.2) is 101 Å². The van der Waals surface area contributed by atoms with Crippen molar-refractivity contribution < 1.29 is 56.4 Å². The van der Waals surface area contributed by atoms with Gasteiger partial charge in [-0.05, 0) is 13.8 Å². The van der Waals surface area contributed by atoms with Crippen LogP contribution in [0.2, 0.25) is 0 Å². The van der Waals surface area contributed by atoms with Crippen LogP contribution in [0.4, 0.5) is 0 Å². The molecule has 1 aliphatic carbocycles. The van der Waals surface area contributed by atoms with E-state index in [2.05, 4.69) is 0 Å². The fraction of sp³-hybridized carbons (Fsp3) is 1.00. The first-order valence-corrected chi connectivity index (χ1v) is 14.7. The Morgan fingerprint density at radius 1 is 0.909 bits per heavy atom. The molecule has 4 bridgehead atoms. The number of rotatable bonds is 8. The van der Waals surface area contributed by atoms with Gasteiger partial charge in [0.2, 0.25) is 0 Å². The molecule has 4 aliphatic heterocycles. The van der Waals surface area contributed by atoms with E-state index in [1.807, 2.05) is 13.8 Å². The van der Waals surface area contributed by atoms with E-state index in [0.717, 1.165) is 13.3 Å². The van der Waals surface area contributed by atoms with Gasteiger partial charge in [-0.1, -0.05) is 0 Å². The first-order chi connectivity index (χ1) is 15.2. The predicted octanol–water partition coefficient (Wildman–Crippen LogP) is -0.485. The van der Waals surface area contributed by atoms with Gasteiger partial charge in [0.1, 0.15) is 44.2 Å². The molecule has 0 aromatic heterocycles. The molecule has 0 aromatic rings. The smallest absolute Gasteiger partial charge is 0.144 e. The van der Waals surface area contributed by atoms with Crippen molar-refractivity contribution in [1.29, 1.82) is 0 Å². The van der Waals surface area contributed by atoms with Crippen LogP contribution in [0.1, 0.15) is 13.8 Å². The molecule has 14 heteroatoms. The highest BCUT2D eigenvalue weighted by molar-refractivity contribution is 7.50. The molecule has 0 spiro atoms. The lowest BCUT2D eigenvalue weighted by molar-refractivity contribution is -0.227. The quantitative estimate of drug-likeness (QED) is 0.384. The lowest BCUT2D eigenvalue weighted by Gasteiger charge is -2.37. The molecule has 5 fully saturated rings. The van der Waals surface area contributed by atoms with Gasteiger partial charge in [0.25, 0.3) is 0 Å². The van der Waals surface area contributed by atoms with E-state index < -0.39 is 38.1 Å². The molecule has 0 aromatic carbocycles. The predicted molar refractivity (Wildman–Crippen MR) is 109 cm³/mol. The van der Waals surface area contributed by atoms with E-state index in [-0.39, 0.29) is 43.5 Å². The lowest BCUT2D eigenvalue weighted by atomic mass is 10.00. The number of methoxy groups -OCH3 is 2. The van der Waals surface area contributed by atoms with E-state index in [1.165, 1.54) is 14.2 Å². The number of hydrogen-bond donors (Lipinski definition) is 0. The van der Waals surface area contributed by atoms with Crippen molar-refractivity contribution in [3.8, 4) is 0 Å². The van der Waals surface area contributed by atoms with Crippen molar-refractivity contribution in [2.75, 3.05) is 54.0 Å². The second kappa shape index (κ2) is 8.57. The van der Waals surface area contributed by atoms with Gasteiger partial charge in [0.05, 0.1) is 50.7 Å². The third-order valence-corrected chi connectivity index (χ3v) is 8.18. The zero-order chi connectivity index (χ0) is 24.4. The van der Waals surface area contributed by atoms with Gasteiger partial charge in [0, 0.05) is 27.5 Å². The minimum atomic E-state index is -3.83. The Labute approximate surface area is 193 Å². The summed E-state index contributed by atoms with van der Waals surface area (Å²) in [6.45, 7) is 7.06. The third kappa shape index (κ3) is 4.30. The lowest BCUT2D eigenvalue weighted by Crippen LogP contribution is -2.48. The zero-order valence-corrected chi connectivity index (χ0v) is 21.4. The Balaban J connectivity index is 0.000000157. The molecule has 192 valence electrons. The molecule has 11 atom stereocenters. The minimum Gasteiger partial charge on any atom is -0.779 e.